The van der Waals surface area contributed by atoms with E-state index in [1.807, 2.05) is 0 Å². The van der Waals surface area contributed by atoms with Crippen LogP contribution in [-0.4, -0.2) is 23.1 Å². The Morgan fingerprint density at radius 2 is 2.31 bits per heavy atom. The number of ketones is 1. The molecule has 13 heavy (non-hydrogen) atoms. The number of rotatable bonds is 0. The normalized spacial score (nSPS) is 39.1. The van der Waals surface area contributed by atoms with Crippen molar-refractivity contribution in [3.05, 3.63) is 11.3 Å². The quantitative estimate of drug-likeness (QED) is 0.642. The molecule has 72 valence electrons. The molecule has 0 aromatic heterocycles. The summed E-state index contributed by atoms with van der Waals surface area (Å²) in [4.78, 5) is 11.5. The van der Waals surface area contributed by atoms with E-state index in [9.17, 15) is 9.90 Å². The molecule has 3 atom stereocenters. The van der Waals surface area contributed by atoms with E-state index in [0.717, 1.165) is 0 Å². The van der Waals surface area contributed by atoms with E-state index >= 15 is 0 Å². The van der Waals surface area contributed by atoms with Gasteiger partial charge < -0.3 is 9.84 Å². The smallest absolute Gasteiger partial charge is 0.184 e. The first-order chi connectivity index (χ1) is 6.18. The predicted molar refractivity (Wildman–Crippen MR) is 47.2 cm³/mol. The van der Waals surface area contributed by atoms with Gasteiger partial charge in [-0.2, -0.15) is 0 Å². The lowest BCUT2D eigenvalue weighted by atomic mass is 9.81. The first-order valence-electron chi connectivity index (χ1n) is 4.42. The average molecular weight is 203 g/mol. The summed E-state index contributed by atoms with van der Waals surface area (Å²) in [6.07, 6.45) is 2.67. The van der Waals surface area contributed by atoms with E-state index in [2.05, 4.69) is 0 Å². The Kier molecular flexibility index (Phi) is 2.30. The first-order valence-corrected chi connectivity index (χ1v) is 4.79. The molecule has 2 aliphatic rings. The topological polar surface area (TPSA) is 46.5 Å². The van der Waals surface area contributed by atoms with Crippen LogP contribution in [0, 0.1) is 5.92 Å². The van der Waals surface area contributed by atoms with Crippen molar-refractivity contribution in [3.8, 4) is 0 Å². The van der Waals surface area contributed by atoms with Crippen molar-refractivity contribution in [2.24, 2.45) is 5.92 Å². The SMILES string of the molecule is O=C1C(Cl)=COC2CC(O)CCC12. The molecule has 1 N–H and O–H groups in total. The summed E-state index contributed by atoms with van der Waals surface area (Å²) >= 11 is 5.65. The second-order valence-corrected chi connectivity index (χ2v) is 3.99. The summed E-state index contributed by atoms with van der Waals surface area (Å²) < 4.78 is 5.26. The number of allylic oxidation sites excluding steroid dienone is 1. The van der Waals surface area contributed by atoms with Crippen molar-refractivity contribution < 1.29 is 14.6 Å². The van der Waals surface area contributed by atoms with Crippen LogP contribution in [0.25, 0.3) is 0 Å². The van der Waals surface area contributed by atoms with E-state index in [4.69, 9.17) is 16.3 Å². The van der Waals surface area contributed by atoms with Crippen LogP contribution in [0.1, 0.15) is 19.3 Å². The van der Waals surface area contributed by atoms with Crippen molar-refractivity contribution in [1.82, 2.24) is 0 Å². The Bertz CT molecular complexity index is 262. The van der Waals surface area contributed by atoms with E-state index in [1.165, 1.54) is 6.26 Å². The van der Waals surface area contributed by atoms with E-state index < -0.39 is 0 Å². The van der Waals surface area contributed by atoms with Gasteiger partial charge in [-0.3, -0.25) is 4.79 Å². The second kappa shape index (κ2) is 3.31. The lowest BCUT2D eigenvalue weighted by Gasteiger charge is -2.34. The molecule has 0 aromatic carbocycles. The van der Waals surface area contributed by atoms with Gasteiger partial charge in [0.1, 0.15) is 17.4 Å². The molecule has 0 amide bonds. The molecule has 0 aromatic rings. The zero-order chi connectivity index (χ0) is 9.42. The molecular weight excluding hydrogens is 192 g/mol. The summed E-state index contributed by atoms with van der Waals surface area (Å²) in [5.41, 5.74) is 0. The van der Waals surface area contributed by atoms with E-state index in [-0.39, 0.29) is 28.9 Å². The minimum absolute atomic E-state index is 0.0372. The molecular formula is C9H11ClO3. The van der Waals surface area contributed by atoms with Crippen LogP contribution >= 0.6 is 11.6 Å². The molecule has 1 fully saturated rings. The Morgan fingerprint density at radius 3 is 3.08 bits per heavy atom. The van der Waals surface area contributed by atoms with Gasteiger partial charge >= 0.3 is 0 Å². The minimum Gasteiger partial charge on any atom is -0.495 e. The number of halogens is 1. The monoisotopic (exact) mass is 202 g/mol. The Hall–Kier alpha value is -0.540. The highest BCUT2D eigenvalue weighted by Gasteiger charge is 2.38. The van der Waals surface area contributed by atoms with Crippen LogP contribution in [0.2, 0.25) is 0 Å². The van der Waals surface area contributed by atoms with Gasteiger partial charge in [-0.05, 0) is 12.8 Å². The van der Waals surface area contributed by atoms with E-state index in [1.54, 1.807) is 0 Å². The number of hydrogen-bond acceptors (Lipinski definition) is 3. The summed E-state index contributed by atoms with van der Waals surface area (Å²) in [6.45, 7) is 0. The third-order valence-electron chi connectivity index (χ3n) is 2.68. The third-order valence-corrected chi connectivity index (χ3v) is 2.96. The van der Waals surface area contributed by atoms with Crippen molar-refractivity contribution in [1.29, 1.82) is 0 Å². The van der Waals surface area contributed by atoms with Gasteiger partial charge in [0, 0.05) is 6.42 Å². The van der Waals surface area contributed by atoms with Gasteiger partial charge in [0.05, 0.1) is 12.0 Å². The molecule has 3 nitrogen and oxygen atoms in total. The maximum absolute atomic E-state index is 11.5. The molecule has 0 radical (unpaired) electrons. The van der Waals surface area contributed by atoms with Gasteiger partial charge in [0.2, 0.25) is 0 Å². The number of carbonyl (C=O) groups excluding carboxylic acids is 1. The second-order valence-electron chi connectivity index (χ2n) is 3.58. The Morgan fingerprint density at radius 1 is 1.54 bits per heavy atom. The van der Waals surface area contributed by atoms with Crippen molar-refractivity contribution in [2.75, 3.05) is 0 Å². The highest BCUT2D eigenvalue weighted by molar-refractivity contribution is 6.42. The largest absolute Gasteiger partial charge is 0.495 e. The number of fused-ring (bicyclic) bond motifs is 1. The molecule has 1 aliphatic heterocycles. The number of Topliss-reactive ketones (excluding diaryl/α,β-unsaturated/α-hetero) is 1. The molecule has 1 aliphatic carbocycles. The van der Waals surface area contributed by atoms with Gasteiger partial charge in [0.25, 0.3) is 0 Å². The third kappa shape index (κ3) is 1.58. The van der Waals surface area contributed by atoms with Crippen LogP contribution in [0.4, 0.5) is 0 Å². The summed E-state index contributed by atoms with van der Waals surface area (Å²) in [5, 5.41) is 9.53. The molecule has 0 bridgehead atoms. The number of carbonyl (C=O) groups is 1. The zero-order valence-corrected chi connectivity index (χ0v) is 7.83. The fourth-order valence-corrected chi connectivity index (χ4v) is 2.13. The van der Waals surface area contributed by atoms with Crippen LogP contribution in [0.15, 0.2) is 11.3 Å². The van der Waals surface area contributed by atoms with Crippen LogP contribution in [0.5, 0.6) is 0 Å². The van der Waals surface area contributed by atoms with E-state index in [0.29, 0.717) is 19.3 Å². The summed E-state index contributed by atoms with van der Waals surface area (Å²) in [5.74, 6) is -0.175. The van der Waals surface area contributed by atoms with Crippen molar-refractivity contribution in [2.45, 2.75) is 31.5 Å². The number of aliphatic hydroxyl groups is 1. The number of ether oxygens (including phenoxy) is 1. The molecule has 0 spiro atoms. The molecule has 1 saturated carbocycles. The highest BCUT2D eigenvalue weighted by atomic mass is 35.5. The molecule has 2 rings (SSSR count). The van der Waals surface area contributed by atoms with Gasteiger partial charge in [-0.15, -0.1) is 0 Å². The van der Waals surface area contributed by atoms with Gasteiger partial charge in [0.15, 0.2) is 5.78 Å². The van der Waals surface area contributed by atoms with Crippen molar-refractivity contribution >= 4 is 17.4 Å². The van der Waals surface area contributed by atoms with Crippen LogP contribution < -0.4 is 0 Å². The average Bonchev–Trinajstić information content (AvgIpc) is 2.12. The molecule has 4 heteroatoms. The highest BCUT2D eigenvalue weighted by Crippen LogP contribution is 2.33. The molecule has 3 unspecified atom stereocenters. The van der Waals surface area contributed by atoms with Gasteiger partial charge in [-0.25, -0.2) is 0 Å². The fourth-order valence-electron chi connectivity index (χ4n) is 1.94. The Labute approximate surface area is 81.3 Å². The number of aliphatic hydroxyl groups excluding tert-OH is 1. The fraction of sp³-hybridized carbons (Fsp3) is 0.667. The maximum Gasteiger partial charge on any atom is 0.184 e. The molecule has 0 saturated heterocycles. The zero-order valence-electron chi connectivity index (χ0n) is 7.07. The standard InChI is InChI=1S/C9H11ClO3/c10-7-4-13-8-3-5(11)1-2-6(8)9(7)12/h4-6,8,11H,1-3H2. The lowest BCUT2D eigenvalue weighted by molar-refractivity contribution is -0.128. The van der Waals surface area contributed by atoms with Crippen LogP contribution in [0.3, 0.4) is 0 Å². The lowest BCUT2D eigenvalue weighted by Crippen LogP contribution is -2.40. The summed E-state index contributed by atoms with van der Waals surface area (Å²) in [7, 11) is 0. The van der Waals surface area contributed by atoms with Crippen LogP contribution in [-0.2, 0) is 9.53 Å². The van der Waals surface area contributed by atoms with Crippen molar-refractivity contribution in [3.63, 3.8) is 0 Å². The minimum atomic E-state index is -0.334. The predicted octanol–water partition coefficient (Wildman–Crippen LogP) is 1.20. The Balaban J connectivity index is 2.16. The maximum atomic E-state index is 11.5. The number of hydrogen-bond donors (Lipinski definition) is 1. The van der Waals surface area contributed by atoms with Gasteiger partial charge in [-0.1, -0.05) is 11.6 Å². The summed E-state index contributed by atoms with van der Waals surface area (Å²) in [6, 6.07) is 0. The first kappa shape index (κ1) is 9.03. The molecule has 1 heterocycles.